The number of hydrogen-bond donors (Lipinski definition) is 2. The van der Waals surface area contributed by atoms with Gasteiger partial charge in [-0.15, -0.1) is 0 Å². The second-order valence-electron chi connectivity index (χ2n) is 7.26. The van der Waals surface area contributed by atoms with Gasteiger partial charge in [0.2, 0.25) is 5.91 Å². The van der Waals surface area contributed by atoms with Crippen LogP contribution >= 0.6 is 0 Å². The van der Waals surface area contributed by atoms with Gasteiger partial charge in [-0.05, 0) is 51.7 Å². The fourth-order valence-corrected chi connectivity index (χ4v) is 3.60. The molecule has 22 heavy (non-hydrogen) atoms. The number of carbonyl (C=O) groups excluding carboxylic acids is 1. The zero-order valence-electron chi connectivity index (χ0n) is 14.6. The summed E-state index contributed by atoms with van der Waals surface area (Å²) in [5, 5.41) is 6.54. The van der Waals surface area contributed by atoms with Crippen LogP contribution < -0.4 is 10.6 Å². The molecule has 2 aliphatic rings. The zero-order valence-corrected chi connectivity index (χ0v) is 14.6. The molecule has 0 aromatic carbocycles. The minimum absolute atomic E-state index is 0.229. The third kappa shape index (κ3) is 5.52. The first-order chi connectivity index (χ1) is 10.6. The van der Waals surface area contributed by atoms with E-state index >= 15 is 0 Å². The van der Waals surface area contributed by atoms with Gasteiger partial charge in [0.05, 0.1) is 0 Å². The Morgan fingerprint density at radius 3 is 2.45 bits per heavy atom. The van der Waals surface area contributed by atoms with Crippen LogP contribution in [0.15, 0.2) is 0 Å². The van der Waals surface area contributed by atoms with Crippen molar-refractivity contribution in [2.24, 2.45) is 11.8 Å². The number of piperazine rings is 1. The van der Waals surface area contributed by atoms with E-state index in [9.17, 15) is 4.79 Å². The predicted octanol–water partition coefficient (Wildman–Crippen LogP) is 0.764. The summed E-state index contributed by atoms with van der Waals surface area (Å²) in [6.45, 7) is 11.9. The number of nitrogens with one attached hydrogen (secondary N) is 2. The zero-order chi connectivity index (χ0) is 15.9. The lowest BCUT2D eigenvalue weighted by Gasteiger charge is -2.36. The maximum absolute atomic E-state index is 12.2. The molecule has 0 saturated carbocycles. The summed E-state index contributed by atoms with van der Waals surface area (Å²) in [5.74, 6) is 1.44. The van der Waals surface area contributed by atoms with Crippen molar-refractivity contribution in [3.63, 3.8) is 0 Å². The first-order valence-electron chi connectivity index (χ1n) is 8.96. The molecule has 0 spiro atoms. The van der Waals surface area contributed by atoms with Gasteiger partial charge in [-0.1, -0.05) is 6.92 Å². The molecular formula is C17H34N4O. The number of carbonyl (C=O) groups is 1. The summed E-state index contributed by atoms with van der Waals surface area (Å²) in [6.07, 6.45) is 3.11. The van der Waals surface area contributed by atoms with Gasteiger partial charge < -0.3 is 15.5 Å². The number of amides is 1. The average Bonchev–Trinajstić information content (AvgIpc) is 2.54. The van der Waals surface area contributed by atoms with Gasteiger partial charge in [0.1, 0.15) is 0 Å². The predicted molar refractivity (Wildman–Crippen MR) is 90.9 cm³/mol. The van der Waals surface area contributed by atoms with E-state index < -0.39 is 0 Å². The van der Waals surface area contributed by atoms with Crippen molar-refractivity contribution in [1.82, 2.24) is 20.4 Å². The van der Waals surface area contributed by atoms with E-state index in [1.54, 1.807) is 0 Å². The van der Waals surface area contributed by atoms with E-state index in [1.165, 1.54) is 12.8 Å². The molecule has 5 heteroatoms. The molecule has 2 heterocycles. The molecule has 0 bridgehead atoms. The number of rotatable bonds is 6. The molecule has 2 N–H and O–H groups in total. The van der Waals surface area contributed by atoms with Gasteiger partial charge >= 0.3 is 0 Å². The first-order valence-corrected chi connectivity index (χ1v) is 8.96. The molecule has 2 unspecified atom stereocenters. The highest BCUT2D eigenvalue weighted by molar-refractivity contribution is 5.76. The van der Waals surface area contributed by atoms with Gasteiger partial charge in [-0.3, -0.25) is 9.69 Å². The Morgan fingerprint density at radius 1 is 1.18 bits per heavy atom. The largest absolute Gasteiger partial charge is 0.355 e. The Kier molecular flexibility index (Phi) is 7.12. The highest BCUT2D eigenvalue weighted by atomic mass is 16.1. The normalized spacial score (nSPS) is 24.9. The second kappa shape index (κ2) is 8.85. The fraction of sp³-hybridized carbons (Fsp3) is 0.941. The lowest BCUT2D eigenvalue weighted by molar-refractivity contribution is -0.122. The molecule has 2 fully saturated rings. The molecule has 0 radical (unpaired) electrons. The van der Waals surface area contributed by atoms with Crippen LogP contribution in [0.3, 0.4) is 0 Å². The summed E-state index contributed by atoms with van der Waals surface area (Å²) in [6, 6.07) is 0.437. The number of nitrogens with zero attached hydrogens (tertiary/aromatic N) is 2. The second-order valence-corrected chi connectivity index (χ2v) is 7.26. The number of hydrogen-bond acceptors (Lipinski definition) is 4. The van der Waals surface area contributed by atoms with Crippen molar-refractivity contribution in [2.45, 2.75) is 39.2 Å². The number of piperidine rings is 1. The van der Waals surface area contributed by atoms with Gasteiger partial charge in [-0.2, -0.15) is 0 Å². The molecule has 2 atom stereocenters. The van der Waals surface area contributed by atoms with Gasteiger partial charge in [0, 0.05) is 45.2 Å². The summed E-state index contributed by atoms with van der Waals surface area (Å²) in [4.78, 5) is 17.0. The van der Waals surface area contributed by atoms with Crippen LogP contribution in [0, 0.1) is 11.8 Å². The smallest absolute Gasteiger partial charge is 0.220 e. The maximum Gasteiger partial charge on any atom is 0.220 e. The summed E-state index contributed by atoms with van der Waals surface area (Å²) in [5.41, 5.74) is 0. The minimum Gasteiger partial charge on any atom is -0.355 e. The van der Waals surface area contributed by atoms with Crippen LogP contribution in [0.1, 0.15) is 33.1 Å². The van der Waals surface area contributed by atoms with E-state index in [2.05, 4.69) is 41.3 Å². The molecule has 2 saturated heterocycles. The number of likely N-dealkylation sites (N-methyl/N-ethyl adjacent to an activating group) is 1. The molecular weight excluding hydrogens is 276 g/mol. The molecule has 5 nitrogen and oxygen atoms in total. The van der Waals surface area contributed by atoms with Crippen LogP contribution in [0.5, 0.6) is 0 Å². The van der Waals surface area contributed by atoms with Crippen LogP contribution in [0.25, 0.3) is 0 Å². The van der Waals surface area contributed by atoms with Crippen molar-refractivity contribution < 1.29 is 4.79 Å². The van der Waals surface area contributed by atoms with Crippen LogP contribution in [0.4, 0.5) is 0 Å². The third-order valence-corrected chi connectivity index (χ3v) is 5.45. The average molecular weight is 310 g/mol. The van der Waals surface area contributed by atoms with Gasteiger partial charge in [0.15, 0.2) is 0 Å². The summed E-state index contributed by atoms with van der Waals surface area (Å²) in [7, 11) is 2.17. The molecule has 2 aliphatic heterocycles. The van der Waals surface area contributed by atoms with E-state index in [0.717, 1.165) is 45.8 Å². The van der Waals surface area contributed by atoms with E-state index in [-0.39, 0.29) is 5.91 Å². The molecule has 0 aromatic heterocycles. The highest BCUT2D eigenvalue weighted by Gasteiger charge is 2.23. The van der Waals surface area contributed by atoms with Gasteiger partial charge in [0.25, 0.3) is 0 Å². The standard InChI is InChI=1S/C17H34N4O/c1-14(16-4-6-18-7-5-16)12-17(22)19-13-15(2)21-10-8-20(3)9-11-21/h14-16,18H,4-13H2,1-3H3,(H,19,22). The van der Waals surface area contributed by atoms with Crippen LogP contribution in [0.2, 0.25) is 0 Å². The molecule has 128 valence electrons. The SMILES string of the molecule is CC(CC(=O)NCC(C)N1CCN(C)CC1)C1CCNCC1. The van der Waals surface area contributed by atoms with E-state index in [4.69, 9.17) is 0 Å². The highest BCUT2D eigenvalue weighted by Crippen LogP contribution is 2.24. The van der Waals surface area contributed by atoms with Crippen molar-refractivity contribution in [2.75, 3.05) is 52.9 Å². The fourth-order valence-electron chi connectivity index (χ4n) is 3.60. The monoisotopic (exact) mass is 310 g/mol. The molecule has 0 aliphatic carbocycles. The Balaban J connectivity index is 1.64. The maximum atomic E-state index is 12.2. The quantitative estimate of drug-likeness (QED) is 0.761. The topological polar surface area (TPSA) is 47.6 Å². The van der Waals surface area contributed by atoms with Gasteiger partial charge in [-0.25, -0.2) is 0 Å². The Labute approximate surface area is 135 Å². The molecule has 0 aromatic rings. The van der Waals surface area contributed by atoms with E-state index in [1.807, 2.05) is 0 Å². The lowest BCUT2D eigenvalue weighted by Crippen LogP contribution is -2.51. The molecule has 1 amide bonds. The molecule has 2 rings (SSSR count). The van der Waals surface area contributed by atoms with Crippen LogP contribution in [-0.4, -0.2) is 74.6 Å². The van der Waals surface area contributed by atoms with E-state index in [0.29, 0.717) is 24.3 Å². The van der Waals surface area contributed by atoms with Crippen molar-refractivity contribution in [1.29, 1.82) is 0 Å². The Hall–Kier alpha value is -0.650. The lowest BCUT2D eigenvalue weighted by atomic mass is 9.84. The summed E-state index contributed by atoms with van der Waals surface area (Å²) < 4.78 is 0. The Bertz CT molecular complexity index is 336. The van der Waals surface area contributed by atoms with Crippen molar-refractivity contribution in [3.8, 4) is 0 Å². The Morgan fingerprint density at radius 2 is 1.82 bits per heavy atom. The van der Waals surface area contributed by atoms with Crippen LogP contribution in [-0.2, 0) is 4.79 Å². The third-order valence-electron chi connectivity index (χ3n) is 5.45. The first kappa shape index (κ1) is 17.7. The van der Waals surface area contributed by atoms with Crippen molar-refractivity contribution >= 4 is 5.91 Å². The van der Waals surface area contributed by atoms with Crippen molar-refractivity contribution in [3.05, 3.63) is 0 Å². The summed E-state index contributed by atoms with van der Waals surface area (Å²) >= 11 is 0. The minimum atomic E-state index is 0.229.